The van der Waals surface area contributed by atoms with E-state index in [1.54, 1.807) is 21.9 Å². The van der Waals surface area contributed by atoms with Crippen LogP contribution in [-0.2, 0) is 16.0 Å². The van der Waals surface area contributed by atoms with Crippen LogP contribution < -0.4 is 15.5 Å². The van der Waals surface area contributed by atoms with Crippen molar-refractivity contribution in [1.82, 2.24) is 0 Å². The first-order chi connectivity index (χ1) is 12.6. The predicted molar refractivity (Wildman–Crippen MR) is 103 cm³/mol. The van der Waals surface area contributed by atoms with Gasteiger partial charge in [-0.1, -0.05) is 23.7 Å². The van der Waals surface area contributed by atoms with Gasteiger partial charge >= 0.3 is 0 Å². The molecule has 134 valence electrons. The molecular weight excluding hydrogens is 350 g/mol. The van der Waals surface area contributed by atoms with Crippen molar-refractivity contribution in [2.24, 2.45) is 5.92 Å². The fraction of sp³-hybridized carbons (Fsp3) is 0.300. The molecule has 4 rings (SSSR count). The Morgan fingerprint density at radius 1 is 1.15 bits per heavy atom. The fourth-order valence-corrected chi connectivity index (χ4v) is 4.06. The maximum absolute atomic E-state index is 13.1. The molecule has 1 fully saturated rings. The summed E-state index contributed by atoms with van der Waals surface area (Å²) in [5, 5.41) is 0.575. The maximum Gasteiger partial charge on any atom is 0.239 e. The average Bonchev–Trinajstić information content (AvgIpc) is 3.02. The summed E-state index contributed by atoms with van der Waals surface area (Å²) in [6.07, 6.45) is 2.23. The van der Waals surface area contributed by atoms with Crippen molar-refractivity contribution < 1.29 is 9.59 Å². The Labute approximate surface area is 157 Å². The molecule has 5 nitrogen and oxygen atoms in total. The molecule has 2 aromatic carbocycles. The van der Waals surface area contributed by atoms with Gasteiger partial charge in [0.25, 0.3) is 0 Å². The Morgan fingerprint density at radius 3 is 2.77 bits per heavy atom. The zero-order valence-electron chi connectivity index (χ0n) is 14.3. The van der Waals surface area contributed by atoms with Crippen molar-refractivity contribution in [2.75, 3.05) is 28.6 Å². The molecule has 0 radical (unpaired) electrons. The number of nitrogens with two attached hydrogens (primary N) is 1. The van der Waals surface area contributed by atoms with Gasteiger partial charge in [-0.15, -0.1) is 0 Å². The number of nitrogen functional groups attached to an aromatic ring is 1. The molecule has 1 unspecified atom stereocenters. The number of hydrogen-bond donors (Lipinski definition) is 1. The number of benzene rings is 2. The second-order valence-corrected chi connectivity index (χ2v) is 7.19. The molecule has 2 heterocycles. The van der Waals surface area contributed by atoms with Crippen LogP contribution in [-0.4, -0.2) is 24.9 Å². The summed E-state index contributed by atoms with van der Waals surface area (Å²) in [6, 6.07) is 12.8. The van der Waals surface area contributed by atoms with Crippen LogP contribution in [0.1, 0.15) is 18.4 Å². The highest BCUT2D eigenvalue weighted by Crippen LogP contribution is 2.34. The number of carbonyl (C=O) groups excluding carboxylic acids is 2. The Kier molecular flexibility index (Phi) is 4.32. The van der Waals surface area contributed by atoms with Gasteiger partial charge in [0.2, 0.25) is 11.8 Å². The van der Waals surface area contributed by atoms with Crippen LogP contribution in [0, 0.1) is 5.92 Å². The largest absolute Gasteiger partial charge is 0.398 e. The molecule has 0 spiro atoms. The third kappa shape index (κ3) is 2.82. The summed E-state index contributed by atoms with van der Waals surface area (Å²) in [6.45, 7) is 1.14. The summed E-state index contributed by atoms with van der Waals surface area (Å²) < 4.78 is 0. The van der Waals surface area contributed by atoms with E-state index in [2.05, 4.69) is 0 Å². The third-order valence-electron chi connectivity index (χ3n) is 5.18. The van der Waals surface area contributed by atoms with Gasteiger partial charge < -0.3 is 15.5 Å². The summed E-state index contributed by atoms with van der Waals surface area (Å²) in [5.41, 5.74) is 9.36. The van der Waals surface area contributed by atoms with Gasteiger partial charge in [-0.3, -0.25) is 9.59 Å². The SMILES string of the molecule is Nc1cccc2c1CCCN2C(=O)C1CCN(c2cccc(Cl)c2)C1=O. The normalized spacial score (nSPS) is 19.6. The van der Waals surface area contributed by atoms with Gasteiger partial charge in [0.05, 0.1) is 0 Å². The first-order valence-electron chi connectivity index (χ1n) is 8.82. The van der Waals surface area contributed by atoms with Crippen LogP contribution in [0.3, 0.4) is 0 Å². The van der Waals surface area contributed by atoms with E-state index in [1.807, 2.05) is 30.3 Å². The van der Waals surface area contributed by atoms with E-state index in [0.717, 1.165) is 29.8 Å². The maximum atomic E-state index is 13.1. The summed E-state index contributed by atoms with van der Waals surface area (Å²) in [5.74, 6) is -0.944. The summed E-state index contributed by atoms with van der Waals surface area (Å²) in [7, 11) is 0. The van der Waals surface area contributed by atoms with Gasteiger partial charge in [-0.25, -0.2) is 0 Å². The molecule has 2 aromatic rings. The minimum atomic E-state index is -0.652. The Hall–Kier alpha value is -2.53. The molecule has 1 atom stereocenters. The number of carbonyl (C=O) groups is 2. The lowest BCUT2D eigenvalue weighted by molar-refractivity contribution is -0.130. The zero-order valence-corrected chi connectivity index (χ0v) is 15.1. The van der Waals surface area contributed by atoms with Gasteiger partial charge in [-0.2, -0.15) is 0 Å². The summed E-state index contributed by atoms with van der Waals surface area (Å²) in [4.78, 5) is 29.4. The first-order valence-corrected chi connectivity index (χ1v) is 9.20. The van der Waals surface area contributed by atoms with E-state index < -0.39 is 5.92 Å². The number of nitrogens with zero attached hydrogens (tertiary/aromatic N) is 2. The highest BCUT2D eigenvalue weighted by molar-refractivity contribution is 6.31. The molecule has 1 saturated heterocycles. The van der Waals surface area contributed by atoms with Gasteiger partial charge in [0.1, 0.15) is 5.92 Å². The third-order valence-corrected chi connectivity index (χ3v) is 5.41. The number of anilines is 3. The Morgan fingerprint density at radius 2 is 1.96 bits per heavy atom. The standard InChI is InChI=1S/C20H20ClN3O2/c21-13-4-1-5-14(12-13)23-11-9-16(19(23)25)20(26)24-10-3-6-15-17(22)7-2-8-18(15)24/h1-2,4-5,7-8,12,16H,3,6,9-11,22H2. The molecule has 6 heteroatoms. The number of halogens is 1. The van der Waals surface area contributed by atoms with Crippen LogP contribution in [0.4, 0.5) is 17.1 Å². The quantitative estimate of drug-likeness (QED) is 0.652. The van der Waals surface area contributed by atoms with Gasteiger partial charge in [0.15, 0.2) is 0 Å². The molecular formula is C20H20ClN3O2. The zero-order chi connectivity index (χ0) is 18.3. The molecule has 0 aliphatic carbocycles. The lowest BCUT2D eigenvalue weighted by Gasteiger charge is -2.31. The van der Waals surface area contributed by atoms with Crippen molar-refractivity contribution in [1.29, 1.82) is 0 Å². The second-order valence-electron chi connectivity index (χ2n) is 6.75. The highest BCUT2D eigenvalue weighted by Gasteiger charge is 2.41. The molecule has 26 heavy (non-hydrogen) atoms. The number of amides is 2. The number of fused-ring (bicyclic) bond motifs is 1. The van der Waals surface area contributed by atoms with Crippen LogP contribution in [0.5, 0.6) is 0 Å². The smallest absolute Gasteiger partial charge is 0.239 e. The molecule has 2 aliphatic rings. The van der Waals surface area contributed by atoms with E-state index in [1.165, 1.54) is 0 Å². The molecule has 2 amide bonds. The van der Waals surface area contributed by atoms with Crippen molar-refractivity contribution in [3.63, 3.8) is 0 Å². The van der Waals surface area contributed by atoms with E-state index in [0.29, 0.717) is 30.2 Å². The molecule has 0 bridgehead atoms. The topological polar surface area (TPSA) is 66.6 Å². The van der Waals surface area contributed by atoms with Crippen LogP contribution in [0.25, 0.3) is 0 Å². The molecule has 0 aromatic heterocycles. The van der Waals surface area contributed by atoms with Gasteiger partial charge in [0, 0.05) is 35.2 Å². The minimum absolute atomic E-state index is 0.133. The second kappa shape index (κ2) is 6.65. The van der Waals surface area contributed by atoms with Crippen molar-refractivity contribution in [3.05, 3.63) is 53.1 Å². The van der Waals surface area contributed by atoms with E-state index in [4.69, 9.17) is 17.3 Å². The van der Waals surface area contributed by atoms with Crippen LogP contribution >= 0.6 is 11.6 Å². The fourth-order valence-electron chi connectivity index (χ4n) is 3.88. The van der Waals surface area contributed by atoms with E-state index in [9.17, 15) is 9.59 Å². The monoisotopic (exact) mass is 369 g/mol. The lowest BCUT2D eigenvalue weighted by Crippen LogP contribution is -2.42. The van der Waals surface area contributed by atoms with E-state index in [-0.39, 0.29) is 11.8 Å². The molecule has 0 saturated carbocycles. The van der Waals surface area contributed by atoms with Crippen molar-refractivity contribution in [3.8, 4) is 0 Å². The minimum Gasteiger partial charge on any atom is -0.398 e. The van der Waals surface area contributed by atoms with Crippen LogP contribution in [0.2, 0.25) is 5.02 Å². The van der Waals surface area contributed by atoms with Crippen LogP contribution in [0.15, 0.2) is 42.5 Å². The van der Waals surface area contributed by atoms with E-state index >= 15 is 0 Å². The summed E-state index contributed by atoms with van der Waals surface area (Å²) >= 11 is 6.04. The average molecular weight is 370 g/mol. The molecule has 2 N–H and O–H groups in total. The Bertz CT molecular complexity index is 883. The number of hydrogen-bond acceptors (Lipinski definition) is 3. The first kappa shape index (κ1) is 16.9. The van der Waals surface area contributed by atoms with Crippen molar-refractivity contribution >= 4 is 40.5 Å². The predicted octanol–water partition coefficient (Wildman–Crippen LogP) is 3.25. The number of rotatable bonds is 2. The lowest BCUT2D eigenvalue weighted by atomic mass is 9.97. The molecule has 2 aliphatic heterocycles. The Balaban J connectivity index is 1.59. The van der Waals surface area contributed by atoms with Gasteiger partial charge in [-0.05, 0) is 55.2 Å². The van der Waals surface area contributed by atoms with Crippen molar-refractivity contribution in [2.45, 2.75) is 19.3 Å². The highest BCUT2D eigenvalue weighted by atomic mass is 35.5.